The van der Waals surface area contributed by atoms with Crippen molar-refractivity contribution >= 4 is 11.8 Å². The van der Waals surface area contributed by atoms with Crippen LogP contribution < -0.4 is 0 Å². The van der Waals surface area contributed by atoms with Gasteiger partial charge < -0.3 is 4.74 Å². The van der Waals surface area contributed by atoms with Crippen molar-refractivity contribution in [1.29, 1.82) is 0 Å². The Morgan fingerprint density at radius 2 is 2.14 bits per heavy atom. The van der Waals surface area contributed by atoms with E-state index in [1.54, 1.807) is 6.92 Å². The fraction of sp³-hybridized carbons (Fsp3) is 0.750. The number of ether oxygens (including phenoxy) is 1. The van der Waals surface area contributed by atoms with Crippen molar-refractivity contribution in [2.45, 2.75) is 32.0 Å². The van der Waals surface area contributed by atoms with E-state index in [1.165, 1.54) is 0 Å². The third-order valence-corrected chi connectivity index (χ3v) is 2.12. The summed E-state index contributed by atoms with van der Waals surface area (Å²) in [7, 11) is 0. The summed E-state index contributed by atoms with van der Waals surface area (Å²) in [6.07, 6.45) is -5.24. The molecule has 0 N–H and O–H groups in total. The Labute approximate surface area is 78.2 Å². The molecule has 2 unspecified atom stereocenters. The molecular formula is C8H9F3O3. The average molecular weight is 210 g/mol. The molecule has 80 valence electrons. The van der Waals surface area contributed by atoms with Crippen molar-refractivity contribution in [2.24, 2.45) is 5.92 Å². The van der Waals surface area contributed by atoms with Gasteiger partial charge in [-0.15, -0.1) is 0 Å². The molecule has 1 aliphatic rings. The third kappa shape index (κ3) is 2.05. The summed E-state index contributed by atoms with van der Waals surface area (Å²) in [6.45, 7) is 1.68. The van der Waals surface area contributed by atoms with Gasteiger partial charge in [-0.2, -0.15) is 13.2 Å². The zero-order valence-electron chi connectivity index (χ0n) is 7.43. The molecule has 3 nitrogen and oxygen atoms in total. The summed E-state index contributed by atoms with van der Waals surface area (Å²) >= 11 is 0. The molecule has 0 amide bonds. The van der Waals surface area contributed by atoms with E-state index < -0.39 is 30.0 Å². The lowest BCUT2D eigenvalue weighted by molar-refractivity contribution is -0.177. The van der Waals surface area contributed by atoms with Gasteiger partial charge in [0.25, 0.3) is 5.78 Å². The monoisotopic (exact) mass is 210 g/mol. The fourth-order valence-electron chi connectivity index (χ4n) is 1.32. The summed E-state index contributed by atoms with van der Waals surface area (Å²) in [4.78, 5) is 21.6. The number of rotatable bonds is 2. The van der Waals surface area contributed by atoms with Crippen LogP contribution in [0.25, 0.3) is 0 Å². The van der Waals surface area contributed by atoms with E-state index in [0.717, 1.165) is 0 Å². The van der Waals surface area contributed by atoms with Crippen LogP contribution in [0.5, 0.6) is 0 Å². The fourth-order valence-corrected chi connectivity index (χ4v) is 1.32. The average Bonchev–Trinajstić information content (AvgIpc) is 2.43. The number of cyclic esters (lactones) is 1. The van der Waals surface area contributed by atoms with Gasteiger partial charge >= 0.3 is 12.1 Å². The summed E-state index contributed by atoms with van der Waals surface area (Å²) < 4.78 is 40.4. The predicted molar refractivity (Wildman–Crippen MR) is 39.3 cm³/mol. The van der Waals surface area contributed by atoms with Crippen molar-refractivity contribution < 1.29 is 27.5 Å². The van der Waals surface area contributed by atoms with E-state index in [1.807, 2.05) is 0 Å². The zero-order chi connectivity index (χ0) is 10.9. The Morgan fingerprint density at radius 1 is 1.57 bits per heavy atom. The van der Waals surface area contributed by atoms with Gasteiger partial charge in [0.05, 0.1) is 0 Å². The van der Waals surface area contributed by atoms with Crippen molar-refractivity contribution in [1.82, 2.24) is 0 Å². The molecule has 0 aromatic heterocycles. The van der Waals surface area contributed by atoms with Gasteiger partial charge in [-0.1, -0.05) is 6.92 Å². The van der Waals surface area contributed by atoms with Gasteiger partial charge in [-0.3, -0.25) is 9.59 Å². The van der Waals surface area contributed by atoms with Crippen LogP contribution in [0.3, 0.4) is 0 Å². The van der Waals surface area contributed by atoms with Gasteiger partial charge in [0.1, 0.15) is 12.0 Å². The van der Waals surface area contributed by atoms with Crippen LogP contribution in [0.1, 0.15) is 19.8 Å². The van der Waals surface area contributed by atoms with Crippen LogP contribution in [0.15, 0.2) is 0 Å². The van der Waals surface area contributed by atoms with Crippen molar-refractivity contribution in [3.8, 4) is 0 Å². The molecule has 0 saturated carbocycles. The molecule has 1 saturated heterocycles. The molecule has 0 radical (unpaired) electrons. The highest BCUT2D eigenvalue weighted by atomic mass is 19.4. The minimum atomic E-state index is -4.95. The SMILES string of the molecule is CCC1CC(C(=O)C(F)(F)F)C(=O)O1. The first-order valence-corrected chi connectivity index (χ1v) is 4.17. The van der Waals surface area contributed by atoms with E-state index in [9.17, 15) is 22.8 Å². The van der Waals surface area contributed by atoms with Gasteiger partial charge in [-0.25, -0.2) is 0 Å². The first kappa shape index (κ1) is 11.0. The molecule has 0 aromatic carbocycles. The van der Waals surface area contributed by atoms with Crippen LogP contribution in [0.4, 0.5) is 13.2 Å². The number of Topliss-reactive ketones (excluding diaryl/α,β-unsaturated/α-hetero) is 1. The second-order valence-corrected chi connectivity index (χ2v) is 3.12. The highest BCUT2D eigenvalue weighted by molar-refractivity contribution is 6.02. The molecular weight excluding hydrogens is 201 g/mol. The summed E-state index contributed by atoms with van der Waals surface area (Å²) in [5, 5.41) is 0. The van der Waals surface area contributed by atoms with Crippen LogP contribution >= 0.6 is 0 Å². The number of alkyl halides is 3. The number of halogens is 3. The molecule has 14 heavy (non-hydrogen) atoms. The molecule has 1 heterocycles. The normalized spacial score (nSPS) is 27.6. The second kappa shape index (κ2) is 3.59. The Balaban J connectivity index is 2.71. The van der Waals surface area contributed by atoms with Crippen LogP contribution in [0.2, 0.25) is 0 Å². The van der Waals surface area contributed by atoms with Crippen LogP contribution in [-0.4, -0.2) is 24.0 Å². The molecule has 1 rings (SSSR count). The quantitative estimate of drug-likeness (QED) is 0.512. The van der Waals surface area contributed by atoms with Crippen molar-refractivity contribution in [3.63, 3.8) is 0 Å². The first-order valence-electron chi connectivity index (χ1n) is 4.17. The van der Waals surface area contributed by atoms with Gasteiger partial charge in [0.15, 0.2) is 0 Å². The predicted octanol–water partition coefficient (Wildman–Crippen LogP) is 1.46. The minimum Gasteiger partial charge on any atom is -0.462 e. The van der Waals surface area contributed by atoms with Gasteiger partial charge in [0.2, 0.25) is 0 Å². The maximum Gasteiger partial charge on any atom is 0.450 e. The maximum atomic E-state index is 11.9. The number of hydrogen-bond donors (Lipinski definition) is 0. The van der Waals surface area contributed by atoms with Gasteiger partial charge in [0, 0.05) is 6.42 Å². The molecule has 0 bridgehead atoms. The Kier molecular flexibility index (Phi) is 2.82. The van der Waals surface area contributed by atoms with Crippen molar-refractivity contribution in [2.75, 3.05) is 0 Å². The lowest BCUT2D eigenvalue weighted by atomic mass is 9.99. The largest absolute Gasteiger partial charge is 0.462 e. The Hall–Kier alpha value is -1.07. The first-order chi connectivity index (χ1) is 6.36. The van der Waals surface area contributed by atoms with Crippen LogP contribution in [0, 0.1) is 5.92 Å². The maximum absolute atomic E-state index is 11.9. The van der Waals surface area contributed by atoms with E-state index in [-0.39, 0.29) is 6.42 Å². The standard InChI is InChI=1S/C8H9F3O3/c1-2-4-3-5(7(13)14-4)6(12)8(9,10)11/h4-5H,2-3H2,1H3. The smallest absolute Gasteiger partial charge is 0.450 e. The molecule has 2 atom stereocenters. The Bertz CT molecular complexity index is 259. The number of carbonyl (C=O) groups excluding carboxylic acids is 2. The van der Waals surface area contributed by atoms with Gasteiger partial charge in [-0.05, 0) is 6.42 Å². The zero-order valence-corrected chi connectivity index (χ0v) is 7.43. The molecule has 0 spiro atoms. The van der Waals surface area contributed by atoms with E-state index in [4.69, 9.17) is 0 Å². The van der Waals surface area contributed by atoms with Crippen LogP contribution in [-0.2, 0) is 14.3 Å². The minimum absolute atomic E-state index is 0.159. The lowest BCUT2D eigenvalue weighted by Gasteiger charge is -2.07. The number of hydrogen-bond acceptors (Lipinski definition) is 3. The highest BCUT2D eigenvalue weighted by Crippen LogP contribution is 2.30. The van der Waals surface area contributed by atoms with E-state index in [2.05, 4.69) is 4.74 Å². The highest BCUT2D eigenvalue weighted by Gasteiger charge is 2.50. The Morgan fingerprint density at radius 3 is 2.50 bits per heavy atom. The molecule has 6 heteroatoms. The lowest BCUT2D eigenvalue weighted by Crippen LogP contribution is -2.32. The number of carbonyl (C=O) groups is 2. The molecule has 0 aromatic rings. The van der Waals surface area contributed by atoms with E-state index >= 15 is 0 Å². The molecule has 1 aliphatic heterocycles. The second-order valence-electron chi connectivity index (χ2n) is 3.12. The topological polar surface area (TPSA) is 43.4 Å². The molecule has 0 aliphatic carbocycles. The summed E-state index contributed by atoms with van der Waals surface area (Å²) in [5.74, 6) is -4.71. The third-order valence-electron chi connectivity index (χ3n) is 2.12. The molecule has 1 fully saturated rings. The van der Waals surface area contributed by atoms with Crippen molar-refractivity contribution in [3.05, 3.63) is 0 Å². The summed E-state index contributed by atoms with van der Waals surface area (Å²) in [5.41, 5.74) is 0. The number of esters is 1. The summed E-state index contributed by atoms with van der Waals surface area (Å²) in [6, 6.07) is 0. The number of ketones is 1. The van der Waals surface area contributed by atoms with E-state index in [0.29, 0.717) is 6.42 Å².